The molecule has 2 rings (SSSR count). The Kier molecular flexibility index (Phi) is 1.33. The number of imidazole rings is 1. The van der Waals surface area contributed by atoms with E-state index in [4.69, 9.17) is 5.73 Å². The largest absolute Gasteiger partial charge is 0.325 e. The fourth-order valence-electron chi connectivity index (χ4n) is 0.964. The second-order valence-electron chi connectivity index (χ2n) is 2.26. The van der Waals surface area contributed by atoms with Crippen LogP contribution in [0, 0.1) is 0 Å². The molecule has 0 saturated heterocycles. The van der Waals surface area contributed by atoms with Crippen LogP contribution >= 0.6 is 0 Å². The van der Waals surface area contributed by atoms with Crippen molar-refractivity contribution < 1.29 is 0 Å². The lowest BCUT2D eigenvalue weighted by molar-refractivity contribution is 0.849. The van der Waals surface area contributed by atoms with Crippen LogP contribution in [0.5, 0.6) is 0 Å². The normalized spacial score (nSPS) is 10.6. The molecule has 0 atom stereocenters. The molecule has 0 aliphatic heterocycles. The van der Waals surface area contributed by atoms with Gasteiger partial charge in [-0.2, -0.15) is 5.10 Å². The number of nitrogens with zero attached hydrogens (tertiary/aromatic N) is 3. The van der Waals surface area contributed by atoms with Gasteiger partial charge in [0.15, 0.2) is 5.65 Å². The zero-order valence-corrected chi connectivity index (χ0v) is 5.94. The van der Waals surface area contributed by atoms with E-state index in [0.29, 0.717) is 6.54 Å². The van der Waals surface area contributed by atoms with Crippen molar-refractivity contribution >= 4 is 5.65 Å². The van der Waals surface area contributed by atoms with Gasteiger partial charge in [0.05, 0.1) is 5.69 Å². The predicted molar refractivity (Wildman–Crippen MR) is 40.9 cm³/mol. The van der Waals surface area contributed by atoms with Crippen LogP contribution in [0.4, 0.5) is 0 Å². The minimum Gasteiger partial charge on any atom is -0.325 e. The first-order valence-electron chi connectivity index (χ1n) is 3.39. The Bertz CT molecular complexity index is 365. The van der Waals surface area contributed by atoms with Gasteiger partial charge in [0.25, 0.3) is 0 Å². The SMILES string of the molecule is NCc1ccc2nccn2n1. The lowest BCUT2D eigenvalue weighted by Gasteiger charge is -1.95. The van der Waals surface area contributed by atoms with Crippen LogP contribution in [0.2, 0.25) is 0 Å². The molecule has 0 radical (unpaired) electrons. The van der Waals surface area contributed by atoms with Crippen molar-refractivity contribution in [2.75, 3.05) is 0 Å². The first-order chi connectivity index (χ1) is 5.40. The molecular weight excluding hydrogens is 140 g/mol. The van der Waals surface area contributed by atoms with E-state index in [9.17, 15) is 0 Å². The zero-order chi connectivity index (χ0) is 7.68. The van der Waals surface area contributed by atoms with Crippen LogP contribution < -0.4 is 5.73 Å². The van der Waals surface area contributed by atoms with Crippen molar-refractivity contribution in [2.45, 2.75) is 6.54 Å². The molecular formula is C7H8N4. The topological polar surface area (TPSA) is 56.2 Å². The molecule has 4 nitrogen and oxygen atoms in total. The molecule has 0 aromatic carbocycles. The van der Waals surface area contributed by atoms with Crippen LogP contribution in [0.3, 0.4) is 0 Å². The number of fused-ring (bicyclic) bond motifs is 1. The van der Waals surface area contributed by atoms with Gasteiger partial charge in [0, 0.05) is 18.9 Å². The van der Waals surface area contributed by atoms with Crippen molar-refractivity contribution in [1.29, 1.82) is 0 Å². The van der Waals surface area contributed by atoms with Crippen LogP contribution in [-0.4, -0.2) is 14.6 Å². The Morgan fingerprint density at radius 2 is 2.36 bits per heavy atom. The summed E-state index contributed by atoms with van der Waals surface area (Å²) in [5.74, 6) is 0. The molecule has 0 unspecified atom stereocenters. The maximum atomic E-state index is 5.41. The zero-order valence-electron chi connectivity index (χ0n) is 5.94. The van der Waals surface area contributed by atoms with Crippen molar-refractivity contribution in [1.82, 2.24) is 14.6 Å². The van der Waals surface area contributed by atoms with E-state index < -0.39 is 0 Å². The highest BCUT2D eigenvalue weighted by Crippen LogP contribution is 1.98. The summed E-state index contributed by atoms with van der Waals surface area (Å²) in [6.45, 7) is 0.466. The molecule has 0 aliphatic carbocycles. The number of rotatable bonds is 1. The second-order valence-corrected chi connectivity index (χ2v) is 2.26. The van der Waals surface area contributed by atoms with Crippen LogP contribution in [0.15, 0.2) is 24.5 Å². The minimum atomic E-state index is 0.466. The van der Waals surface area contributed by atoms with Gasteiger partial charge in [0.1, 0.15) is 0 Å². The van der Waals surface area contributed by atoms with Crippen LogP contribution in [0.25, 0.3) is 5.65 Å². The van der Waals surface area contributed by atoms with Crippen molar-refractivity contribution in [3.63, 3.8) is 0 Å². The monoisotopic (exact) mass is 148 g/mol. The summed E-state index contributed by atoms with van der Waals surface area (Å²) in [5.41, 5.74) is 7.13. The van der Waals surface area contributed by atoms with Gasteiger partial charge in [-0.15, -0.1) is 0 Å². The van der Waals surface area contributed by atoms with E-state index in [1.165, 1.54) is 0 Å². The minimum absolute atomic E-state index is 0.466. The average molecular weight is 148 g/mol. The molecule has 2 aromatic rings. The highest BCUT2D eigenvalue weighted by atomic mass is 15.2. The van der Waals surface area contributed by atoms with E-state index in [1.54, 1.807) is 16.9 Å². The molecule has 0 spiro atoms. The number of nitrogens with two attached hydrogens (primary N) is 1. The number of hydrogen-bond acceptors (Lipinski definition) is 3. The summed E-state index contributed by atoms with van der Waals surface area (Å²) >= 11 is 0. The average Bonchev–Trinajstić information content (AvgIpc) is 2.50. The maximum absolute atomic E-state index is 5.41. The van der Waals surface area contributed by atoms with E-state index in [0.717, 1.165) is 11.3 Å². The summed E-state index contributed by atoms with van der Waals surface area (Å²) in [5, 5.41) is 4.18. The number of hydrogen-bond donors (Lipinski definition) is 1. The molecule has 4 heteroatoms. The third-order valence-corrected chi connectivity index (χ3v) is 1.52. The quantitative estimate of drug-likeness (QED) is 0.628. The molecule has 0 aliphatic rings. The van der Waals surface area contributed by atoms with Crippen molar-refractivity contribution in [2.24, 2.45) is 5.73 Å². The predicted octanol–water partition coefficient (Wildman–Crippen LogP) is 0.188. The summed E-state index contributed by atoms with van der Waals surface area (Å²) in [7, 11) is 0. The molecule has 0 bridgehead atoms. The van der Waals surface area contributed by atoms with Gasteiger partial charge in [-0.3, -0.25) is 0 Å². The third-order valence-electron chi connectivity index (χ3n) is 1.52. The van der Waals surface area contributed by atoms with E-state index >= 15 is 0 Å². The molecule has 0 amide bonds. The highest BCUT2D eigenvalue weighted by Gasteiger charge is 1.94. The highest BCUT2D eigenvalue weighted by molar-refractivity contribution is 5.36. The van der Waals surface area contributed by atoms with Gasteiger partial charge in [-0.05, 0) is 12.1 Å². The maximum Gasteiger partial charge on any atom is 0.153 e. The van der Waals surface area contributed by atoms with Crippen molar-refractivity contribution in [3.8, 4) is 0 Å². The Hall–Kier alpha value is -1.42. The first-order valence-corrected chi connectivity index (χ1v) is 3.39. The van der Waals surface area contributed by atoms with Crippen LogP contribution in [0.1, 0.15) is 5.69 Å². The lowest BCUT2D eigenvalue weighted by atomic mass is 10.4. The Labute approximate surface area is 63.7 Å². The van der Waals surface area contributed by atoms with E-state index in [-0.39, 0.29) is 0 Å². The molecule has 0 saturated carbocycles. The summed E-state index contributed by atoms with van der Waals surface area (Å²) < 4.78 is 1.71. The standard InChI is InChI=1S/C7H8N4/c8-5-6-1-2-7-9-3-4-11(7)10-6/h1-4H,5,8H2. The second kappa shape index (κ2) is 2.32. The fraction of sp³-hybridized carbons (Fsp3) is 0.143. The Morgan fingerprint density at radius 3 is 3.18 bits per heavy atom. The van der Waals surface area contributed by atoms with E-state index in [2.05, 4.69) is 10.1 Å². The number of aromatic nitrogens is 3. The van der Waals surface area contributed by atoms with E-state index in [1.807, 2.05) is 12.1 Å². The first kappa shape index (κ1) is 6.30. The van der Waals surface area contributed by atoms with Crippen molar-refractivity contribution in [3.05, 3.63) is 30.2 Å². The third kappa shape index (κ3) is 0.969. The Balaban J connectivity index is 2.67. The van der Waals surface area contributed by atoms with Gasteiger partial charge in [-0.25, -0.2) is 9.50 Å². The smallest absolute Gasteiger partial charge is 0.153 e. The Morgan fingerprint density at radius 1 is 1.45 bits per heavy atom. The lowest BCUT2D eigenvalue weighted by Crippen LogP contribution is -2.02. The van der Waals surface area contributed by atoms with Crippen LogP contribution in [-0.2, 0) is 6.54 Å². The van der Waals surface area contributed by atoms with Gasteiger partial charge >= 0.3 is 0 Å². The molecule has 11 heavy (non-hydrogen) atoms. The molecule has 2 N–H and O–H groups in total. The molecule has 56 valence electrons. The fourth-order valence-corrected chi connectivity index (χ4v) is 0.964. The summed E-state index contributed by atoms with van der Waals surface area (Å²) in [4.78, 5) is 4.05. The summed E-state index contributed by atoms with van der Waals surface area (Å²) in [6.07, 6.45) is 3.51. The van der Waals surface area contributed by atoms with Gasteiger partial charge in [-0.1, -0.05) is 0 Å². The molecule has 2 heterocycles. The molecule has 2 aromatic heterocycles. The summed E-state index contributed by atoms with van der Waals surface area (Å²) in [6, 6.07) is 3.78. The van der Waals surface area contributed by atoms with Gasteiger partial charge in [0.2, 0.25) is 0 Å². The van der Waals surface area contributed by atoms with Gasteiger partial charge < -0.3 is 5.73 Å². The molecule has 0 fully saturated rings.